The van der Waals surface area contributed by atoms with Gasteiger partial charge in [-0.3, -0.25) is 0 Å². The number of nitrogens with zero attached hydrogens (tertiary/aromatic N) is 3. The molecule has 18 heavy (non-hydrogen) atoms. The van der Waals surface area contributed by atoms with Crippen molar-refractivity contribution in [1.82, 2.24) is 9.97 Å². The summed E-state index contributed by atoms with van der Waals surface area (Å²) in [6.45, 7) is 0. The molecule has 4 nitrogen and oxygen atoms in total. The molecule has 0 atom stereocenters. The van der Waals surface area contributed by atoms with Crippen LogP contribution in [-0.4, -0.2) is 9.97 Å². The summed E-state index contributed by atoms with van der Waals surface area (Å²) in [4.78, 5) is 8.60. The molecule has 0 spiro atoms. The van der Waals surface area contributed by atoms with Gasteiger partial charge >= 0.3 is 0 Å². The molecule has 0 saturated carbocycles. The Morgan fingerprint density at radius 2 is 1.94 bits per heavy atom. The van der Waals surface area contributed by atoms with Crippen molar-refractivity contribution in [3.8, 4) is 6.07 Å². The Morgan fingerprint density at radius 1 is 1.06 bits per heavy atom. The van der Waals surface area contributed by atoms with Crippen LogP contribution >= 0.6 is 11.3 Å². The second kappa shape index (κ2) is 4.43. The molecule has 0 aliphatic rings. The molecule has 0 unspecified atom stereocenters. The van der Waals surface area contributed by atoms with E-state index < -0.39 is 0 Å². The van der Waals surface area contributed by atoms with Crippen molar-refractivity contribution in [1.29, 1.82) is 5.26 Å². The minimum absolute atomic E-state index is 0.390. The van der Waals surface area contributed by atoms with Gasteiger partial charge in [0.15, 0.2) is 5.13 Å². The van der Waals surface area contributed by atoms with E-state index in [-0.39, 0.29) is 0 Å². The number of fused-ring (bicyclic) bond motifs is 1. The minimum atomic E-state index is 0.390. The Kier molecular flexibility index (Phi) is 2.63. The average Bonchev–Trinajstić information content (AvgIpc) is 2.81. The number of hydrogen-bond acceptors (Lipinski definition) is 5. The summed E-state index contributed by atoms with van der Waals surface area (Å²) in [5.74, 6) is 0.633. The van der Waals surface area contributed by atoms with Crippen LogP contribution in [0.1, 0.15) is 5.69 Å². The number of anilines is 2. The molecule has 3 aromatic rings. The number of nitriles is 1. The number of rotatable bonds is 2. The largest absolute Gasteiger partial charge is 0.316 e. The number of nitrogens with one attached hydrogen (secondary N) is 1. The molecule has 0 fully saturated rings. The summed E-state index contributed by atoms with van der Waals surface area (Å²) in [6, 6.07) is 15.2. The van der Waals surface area contributed by atoms with Crippen molar-refractivity contribution in [2.24, 2.45) is 0 Å². The van der Waals surface area contributed by atoms with E-state index in [1.807, 2.05) is 36.4 Å². The van der Waals surface area contributed by atoms with Gasteiger partial charge in [0.2, 0.25) is 0 Å². The molecular weight excluding hydrogens is 244 g/mol. The molecule has 0 amide bonds. The summed E-state index contributed by atoms with van der Waals surface area (Å²) in [5.41, 5.74) is 1.35. The fourth-order valence-corrected chi connectivity index (χ4v) is 2.47. The molecule has 5 heteroatoms. The Balaban J connectivity index is 1.94. The van der Waals surface area contributed by atoms with E-state index >= 15 is 0 Å². The molecule has 86 valence electrons. The third kappa shape index (κ3) is 2.01. The average molecular weight is 252 g/mol. The van der Waals surface area contributed by atoms with E-state index in [9.17, 15) is 0 Å². The third-order valence-corrected chi connectivity index (χ3v) is 3.34. The highest BCUT2D eigenvalue weighted by molar-refractivity contribution is 7.22. The maximum atomic E-state index is 8.79. The summed E-state index contributed by atoms with van der Waals surface area (Å²) < 4.78 is 1.12. The van der Waals surface area contributed by atoms with Crippen LogP contribution < -0.4 is 5.32 Å². The molecule has 1 N–H and O–H groups in total. The summed E-state index contributed by atoms with van der Waals surface area (Å²) in [6.07, 6.45) is 0. The van der Waals surface area contributed by atoms with Crippen LogP contribution in [0.25, 0.3) is 10.2 Å². The van der Waals surface area contributed by atoms with Gasteiger partial charge in [0.25, 0.3) is 0 Å². The highest BCUT2D eigenvalue weighted by Gasteiger charge is 2.04. The molecule has 2 aromatic heterocycles. The van der Waals surface area contributed by atoms with Gasteiger partial charge in [0, 0.05) is 0 Å². The predicted molar refractivity (Wildman–Crippen MR) is 71.9 cm³/mol. The van der Waals surface area contributed by atoms with Gasteiger partial charge in [0.1, 0.15) is 17.6 Å². The molecule has 0 aliphatic heterocycles. The normalized spacial score (nSPS) is 10.2. The zero-order valence-electron chi connectivity index (χ0n) is 9.29. The van der Waals surface area contributed by atoms with E-state index in [0.717, 1.165) is 15.3 Å². The second-order valence-corrected chi connectivity index (χ2v) is 4.66. The summed E-state index contributed by atoms with van der Waals surface area (Å²) >= 11 is 1.56. The Hall–Kier alpha value is -2.45. The fraction of sp³-hybridized carbons (Fsp3) is 0. The lowest BCUT2D eigenvalue weighted by Gasteiger charge is -2.00. The molecule has 0 aliphatic carbocycles. The first kappa shape index (κ1) is 10.7. The van der Waals surface area contributed by atoms with Crippen LogP contribution in [-0.2, 0) is 0 Å². The lowest BCUT2D eigenvalue weighted by molar-refractivity contribution is 1.25. The van der Waals surface area contributed by atoms with E-state index in [2.05, 4.69) is 15.3 Å². The maximum Gasteiger partial charge on any atom is 0.189 e. The van der Waals surface area contributed by atoms with E-state index in [1.54, 1.807) is 23.5 Å². The number of para-hydroxylation sites is 1. The van der Waals surface area contributed by atoms with E-state index in [1.165, 1.54) is 0 Å². The molecule has 2 heterocycles. The zero-order valence-corrected chi connectivity index (χ0v) is 10.1. The van der Waals surface area contributed by atoms with Crippen LogP contribution in [0.4, 0.5) is 10.9 Å². The maximum absolute atomic E-state index is 8.79. The number of aromatic nitrogens is 2. The lowest BCUT2D eigenvalue weighted by Crippen LogP contribution is -1.93. The quantitative estimate of drug-likeness (QED) is 0.760. The molecule has 3 rings (SSSR count). The van der Waals surface area contributed by atoms with Crippen molar-refractivity contribution >= 4 is 32.5 Å². The Morgan fingerprint density at radius 3 is 2.78 bits per heavy atom. The van der Waals surface area contributed by atoms with Gasteiger partial charge in [-0.1, -0.05) is 29.5 Å². The standard InChI is InChI=1S/C13H8N4S/c14-8-9-4-3-7-12(15-9)17-13-16-10-5-1-2-6-11(10)18-13/h1-7H,(H,15,16,17). The van der Waals surface area contributed by atoms with Crippen LogP contribution in [0.3, 0.4) is 0 Å². The van der Waals surface area contributed by atoms with Crippen LogP contribution in [0, 0.1) is 11.3 Å². The minimum Gasteiger partial charge on any atom is -0.316 e. The topological polar surface area (TPSA) is 61.6 Å². The van der Waals surface area contributed by atoms with Crippen molar-refractivity contribution < 1.29 is 0 Å². The van der Waals surface area contributed by atoms with Gasteiger partial charge in [-0.2, -0.15) is 5.26 Å². The first-order valence-electron chi connectivity index (χ1n) is 5.35. The number of benzene rings is 1. The van der Waals surface area contributed by atoms with Gasteiger partial charge in [-0.15, -0.1) is 0 Å². The summed E-state index contributed by atoms with van der Waals surface area (Å²) in [5, 5.41) is 12.7. The lowest BCUT2D eigenvalue weighted by atomic mass is 10.3. The van der Waals surface area contributed by atoms with Crippen molar-refractivity contribution in [3.63, 3.8) is 0 Å². The summed E-state index contributed by atoms with van der Waals surface area (Å²) in [7, 11) is 0. The van der Waals surface area contributed by atoms with Gasteiger partial charge < -0.3 is 5.32 Å². The van der Waals surface area contributed by atoms with Crippen LogP contribution in [0.15, 0.2) is 42.5 Å². The first-order valence-corrected chi connectivity index (χ1v) is 6.16. The third-order valence-electron chi connectivity index (χ3n) is 2.39. The van der Waals surface area contributed by atoms with E-state index in [0.29, 0.717) is 11.5 Å². The van der Waals surface area contributed by atoms with Crippen LogP contribution in [0.5, 0.6) is 0 Å². The Labute approximate surface area is 108 Å². The van der Waals surface area contributed by atoms with Gasteiger partial charge in [-0.05, 0) is 24.3 Å². The van der Waals surface area contributed by atoms with Crippen molar-refractivity contribution in [3.05, 3.63) is 48.2 Å². The number of hydrogen-bond donors (Lipinski definition) is 1. The molecule has 0 saturated heterocycles. The van der Waals surface area contributed by atoms with Crippen molar-refractivity contribution in [2.45, 2.75) is 0 Å². The zero-order chi connectivity index (χ0) is 12.4. The van der Waals surface area contributed by atoms with Gasteiger partial charge in [0.05, 0.1) is 10.2 Å². The van der Waals surface area contributed by atoms with Crippen LogP contribution in [0.2, 0.25) is 0 Å². The van der Waals surface area contributed by atoms with Crippen molar-refractivity contribution in [2.75, 3.05) is 5.32 Å². The highest BCUT2D eigenvalue weighted by Crippen LogP contribution is 2.27. The number of thiazole rings is 1. The second-order valence-electron chi connectivity index (χ2n) is 3.63. The monoisotopic (exact) mass is 252 g/mol. The predicted octanol–water partition coefficient (Wildman–Crippen LogP) is 3.31. The Bertz CT molecular complexity index is 709. The smallest absolute Gasteiger partial charge is 0.189 e. The molecule has 0 radical (unpaired) electrons. The fourth-order valence-electron chi connectivity index (χ4n) is 1.60. The molecule has 0 bridgehead atoms. The van der Waals surface area contributed by atoms with E-state index in [4.69, 9.17) is 5.26 Å². The first-order chi connectivity index (χ1) is 8.85. The van der Waals surface area contributed by atoms with Gasteiger partial charge in [-0.25, -0.2) is 9.97 Å². The molecule has 1 aromatic carbocycles. The SMILES string of the molecule is N#Cc1cccc(Nc2nc3ccccc3s2)n1. The molecular formula is C13H8N4S. The number of pyridine rings is 1. The highest BCUT2D eigenvalue weighted by atomic mass is 32.1.